The first-order valence-electron chi connectivity index (χ1n) is 6.02. The van der Waals surface area contributed by atoms with Crippen LogP contribution in [0.25, 0.3) is 0 Å². The SMILES string of the molecule is CCC(C)(NCC(=O)Nc1cc(Cl)ccc1Cl)C(=O)O. The Labute approximate surface area is 127 Å². The second-order valence-electron chi connectivity index (χ2n) is 4.52. The topological polar surface area (TPSA) is 78.4 Å². The number of carboxylic acid groups (broad SMARTS) is 1. The molecule has 0 saturated heterocycles. The smallest absolute Gasteiger partial charge is 0.323 e. The molecule has 20 heavy (non-hydrogen) atoms. The third kappa shape index (κ3) is 4.37. The summed E-state index contributed by atoms with van der Waals surface area (Å²) in [4.78, 5) is 22.9. The lowest BCUT2D eigenvalue weighted by atomic mass is 9.99. The maximum Gasteiger partial charge on any atom is 0.323 e. The van der Waals surface area contributed by atoms with Gasteiger partial charge in [0.1, 0.15) is 5.54 Å². The molecular formula is C13H16Cl2N2O3. The number of halogens is 2. The van der Waals surface area contributed by atoms with E-state index in [4.69, 9.17) is 28.3 Å². The molecule has 0 aliphatic heterocycles. The zero-order valence-electron chi connectivity index (χ0n) is 11.2. The van der Waals surface area contributed by atoms with Gasteiger partial charge in [0.05, 0.1) is 17.3 Å². The monoisotopic (exact) mass is 318 g/mol. The second kappa shape index (κ2) is 6.92. The number of hydrogen-bond donors (Lipinski definition) is 3. The molecule has 0 fully saturated rings. The van der Waals surface area contributed by atoms with Crippen LogP contribution in [0.2, 0.25) is 10.0 Å². The number of hydrogen-bond acceptors (Lipinski definition) is 3. The highest BCUT2D eigenvalue weighted by molar-refractivity contribution is 6.35. The van der Waals surface area contributed by atoms with Gasteiger partial charge in [-0.1, -0.05) is 30.1 Å². The Morgan fingerprint density at radius 1 is 1.35 bits per heavy atom. The number of nitrogens with one attached hydrogen (secondary N) is 2. The van der Waals surface area contributed by atoms with Crippen molar-refractivity contribution < 1.29 is 14.7 Å². The fourth-order valence-corrected chi connectivity index (χ4v) is 1.75. The molecule has 1 unspecified atom stereocenters. The van der Waals surface area contributed by atoms with Gasteiger partial charge in [0.2, 0.25) is 5.91 Å². The van der Waals surface area contributed by atoms with Crippen LogP contribution >= 0.6 is 23.2 Å². The van der Waals surface area contributed by atoms with Crippen molar-refractivity contribution in [2.45, 2.75) is 25.8 Å². The maximum absolute atomic E-state index is 11.8. The molecule has 3 N–H and O–H groups in total. The predicted molar refractivity (Wildman–Crippen MR) is 79.4 cm³/mol. The van der Waals surface area contributed by atoms with Gasteiger partial charge in [-0.05, 0) is 31.5 Å². The number of carbonyl (C=O) groups is 2. The van der Waals surface area contributed by atoms with Gasteiger partial charge in [0, 0.05) is 5.02 Å². The number of amides is 1. The quantitative estimate of drug-likeness (QED) is 0.753. The summed E-state index contributed by atoms with van der Waals surface area (Å²) in [6, 6.07) is 4.70. The van der Waals surface area contributed by atoms with Crippen molar-refractivity contribution in [3.8, 4) is 0 Å². The summed E-state index contributed by atoms with van der Waals surface area (Å²) in [7, 11) is 0. The van der Waals surface area contributed by atoms with E-state index in [-0.39, 0.29) is 6.54 Å². The van der Waals surface area contributed by atoms with Crippen molar-refractivity contribution >= 4 is 40.8 Å². The summed E-state index contributed by atoms with van der Waals surface area (Å²) < 4.78 is 0. The Balaban J connectivity index is 2.65. The Kier molecular flexibility index (Phi) is 5.80. The molecule has 0 aliphatic carbocycles. The molecule has 0 spiro atoms. The summed E-state index contributed by atoms with van der Waals surface area (Å²) in [5, 5.41) is 15.2. The minimum absolute atomic E-state index is 0.139. The molecular weight excluding hydrogens is 303 g/mol. The van der Waals surface area contributed by atoms with Crippen molar-refractivity contribution in [2.75, 3.05) is 11.9 Å². The number of benzene rings is 1. The molecule has 0 bridgehead atoms. The molecule has 5 nitrogen and oxygen atoms in total. The second-order valence-corrected chi connectivity index (χ2v) is 5.36. The molecule has 0 heterocycles. The molecule has 0 saturated carbocycles. The first-order valence-corrected chi connectivity index (χ1v) is 6.77. The minimum atomic E-state index is -1.14. The summed E-state index contributed by atoms with van der Waals surface area (Å²) in [5.74, 6) is -1.40. The van der Waals surface area contributed by atoms with Gasteiger partial charge in [-0.15, -0.1) is 0 Å². The van der Waals surface area contributed by atoms with E-state index in [1.807, 2.05) is 0 Å². The molecule has 0 radical (unpaired) electrons. The molecule has 0 aliphatic rings. The highest BCUT2D eigenvalue weighted by Gasteiger charge is 2.30. The van der Waals surface area contributed by atoms with E-state index in [2.05, 4.69) is 10.6 Å². The Hall–Kier alpha value is -1.30. The van der Waals surface area contributed by atoms with Crippen LogP contribution in [-0.2, 0) is 9.59 Å². The zero-order valence-corrected chi connectivity index (χ0v) is 12.7. The molecule has 110 valence electrons. The van der Waals surface area contributed by atoms with Gasteiger partial charge in [-0.3, -0.25) is 14.9 Å². The molecule has 1 atom stereocenters. The van der Waals surface area contributed by atoms with E-state index >= 15 is 0 Å². The fraction of sp³-hybridized carbons (Fsp3) is 0.385. The van der Waals surface area contributed by atoms with E-state index in [0.29, 0.717) is 22.2 Å². The van der Waals surface area contributed by atoms with Crippen LogP contribution in [0.15, 0.2) is 18.2 Å². The van der Waals surface area contributed by atoms with Crippen LogP contribution < -0.4 is 10.6 Å². The van der Waals surface area contributed by atoms with E-state index in [1.165, 1.54) is 13.0 Å². The third-order valence-electron chi connectivity index (χ3n) is 3.02. The van der Waals surface area contributed by atoms with Crippen LogP contribution in [-0.4, -0.2) is 29.1 Å². The largest absolute Gasteiger partial charge is 0.480 e. The van der Waals surface area contributed by atoms with Crippen LogP contribution in [0.3, 0.4) is 0 Å². The van der Waals surface area contributed by atoms with Crippen LogP contribution in [0.1, 0.15) is 20.3 Å². The summed E-state index contributed by atoms with van der Waals surface area (Å²) in [6.07, 6.45) is 0.355. The average molecular weight is 319 g/mol. The van der Waals surface area contributed by atoms with Crippen molar-refractivity contribution in [1.29, 1.82) is 0 Å². The Bertz CT molecular complexity index is 522. The average Bonchev–Trinajstić information content (AvgIpc) is 2.40. The van der Waals surface area contributed by atoms with Crippen molar-refractivity contribution in [1.82, 2.24) is 5.32 Å². The van der Waals surface area contributed by atoms with Gasteiger partial charge in [0.15, 0.2) is 0 Å². The number of rotatable bonds is 6. The summed E-state index contributed by atoms with van der Waals surface area (Å²) >= 11 is 11.7. The highest BCUT2D eigenvalue weighted by atomic mass is 35.5. The van der Waals surface area contributed by atoms with Crippen LogP contribution in [0.5, 0.6) is 0 Å². The van der Waals surface area contributed by atoms with Crippen LogP contribution in [0.4, 0.5) is 5.69 Å². The molecule has 1 aromatic rings. The maximum atomic E-state index is 11.8. The highest BCUT2D eigenvalue weighted by Crippen LogP contribution is 2.25. The lowest BCUT2D eigenvalue weighted by molar-refractivity contribution is -0.144. The lowest BCUT2D eigenvalue weighted by Crippen LogP contribution is -2.51. The van der Waals surface area contributed by atoms with Crippen molar-refractivity contribution in [2.24, 2.45) is 0 Å². The first-order chi connectivity index (χ1) is 9.28. The van der Waals surface area contributed by atoms with Gasteiger partial charge < -0.3 is 10.4 Å². The van der Waals surface area contributed by atoms with Gasteiger partial charge in [-0.2, -0.15) is 0 Å². The first kappa shape index (κ1) is 16.8. The zero-order chi connectivity index (χ0) is 15.3. The van der Waals surface area contributed by atoms with E-state index in [0.717, 1.165) is 0 Å². The fourth-order valence-electron chi connectivity index (χ4n) is 1.41. The standard InChI is InChI=1S/C13H16Cl2N2O3/c1-3-13(2,12(19)20)16-7-11(18)17-10-6-8(14)4-5-9(10)15/h4-6,16H,3,7H2,1-2H3,(H,17,18)(H,19,20). The van der Waals surface area contributed by atoms with Gasteiger partial charge in [0.25, 0.3) is 0 Å². The van der Waals surface area contributed by atoms with E-state index < -0.39 is 17.4 Å². The number of anilines is 1. The molecule has 7 heteroatoms. The summed E-state index contributed by atoms with van der Waals surface area (Å²) in [5.41, 5.74) is -0.755. The Morgan fingerprint density at radius 3 is 2.55 bits per heavy atom. The summed E-state index contributed by atoms with van der Waals surface area (Å²) in [6.45, 7) is 3.11. The van der Waals surface area contributed by atoms with Crippen molar-refractivity contribution in [3.63, 3.8) is 0 Å². The Morgan fingerprint density at radius 2 is 2.00 bits per heavy atom. The number of carbonyl (C=O) groups excluding carboxylic acids is 1. The number of aliphatic carboxylic acids is 1. The van der Waals surface area contributed by atoms with E-state index in [9.17, 15) is 9.59 Å². The lowest BCUT2D eigenvalue weighted by Gasteiger charge is -2.24. The van der Waals surface area contributed by atoms with Gasteiger partial charge >= 0.3 is 5.97 Å². The third-order valence-corrected chi connectivity index (χ3v) is 3.59. The molecule has 1 rings (SSSR count). The predicted octanol–water partition coefficient (Wildman–Crippen LogP) is 2.77. The minimum Gasteiger partial charge on any atom is -0.480 e. The van der Waals surface area contributed by atoms with Gasteiger partial charge in [-0.25, -0.2) is 0 Å². The molecule has 1 amide bonds. The normalized spacial score (nSPS) is 13.6. The van der Waals surface area contributed by atoms with Crippen molar-refractivity contribution in [3.05, 3.63) is 28.2 Å². The van der Waals surface area contributed by atoms with Crippen LogP contribution in [0, 0.1) is 0 Å². The molecule has 0 aromatic heterocycles. The molecule has 1 aromatic carbocycles. The van der Waals surface area contributed by atoms with E-state index in [1.54, 1.807) is 19.1 Å². The number of carboxylic acids is 1.